The van der Waals surface area contributed by atoms with E-state index >= 15 is 0 Å². The van der Waals surface area contributed by atoms with Crippen LogP contribution in [-0.2, 0) is 25.8 Å². The van der Waals surface area contributed by atoms with Gasteiger partial charge in [0.2, 0.25) is 0 Å². The second-order valence-corrected chi connectivity index (χ2v) is 25.5. The van der Waals surface area contributed by atoms with Gasteiger partial charge in [-0.25, -0.2) is 0 Å². The summed E-state index contributed by atoms with van der Waals surface area (Å²) < 4.78 is 17.9. The molecule has 0 aliphatic carbocycles. The zero-order valence-corrected chi connectivity index (χ0v) is 26.7. The van der Waals surface area contributed by atoms with E-state index in [9.17, 15) is 4.79 Å². The molecule has 0 aliphatic heterocycles. The van der Waals surface area contributed by atoms with Crippen molar-refractivity contribution in [3.05, 3.63) is 108 Å². The molecule has 0 bridgehead atoms. The summed E-state index contributed by atoms with van der Waals surface area (Å²) in [6.07, 6.45) is -0.847. The van der Waals surface area contributed by atoms with E-state index in [1.54, 1.807) is 0 Å². The molecule has 37 heavy (non-hydrogen) atoms. The first-order chi connectivity index (χ1) is 17.8. The summed E-state index contributed by atoms with van der Waals surface area (Å²) >= 11 is -3.44. The maximum absolute atomic E-state index is 12.7. The zero-order chi connectivity index (χ0) is 28.0. The summed E-state index contributed by atoms with van der Waals surface area (Å²) in [4.78, 5) is 12.7. The van der Waals surface area contributed by atoms with Crippen LogP contribution in [0.4, 0.5) is 0 Å². The monoisotopic (exact) mass is 607 g/mol. The van der Waals surface area contributed by atoms with Crippen LogP contribution in [0.1, 0.15) is 66.0 Å². The van der Waals surface area contributed by atoms with Gasteiger partial charge in [0.05, 0.1) is 0 Å². The number of ether oxygens (including phenoxy) is 1. The zero-order valence-electron chi connectivity index (χ0n) is 24.9. The number of hydrogen-bond acceptors (Lipinski definition) is 2. The van der Waals surface area contributed by atoms with Crippen molar-refractivity contribution in [2.24, 2.45) is 0 Å². The fourth-order valence-electron chi connectivity index (χ4n) is 6.57. The molecule has 0 N–H and O–H groups in total. The Bertz CT molecular complexity index is 1030. The van der Waals surface area contributed by atoms with Gasteiger partial charge in [0.15, 0.2) is 0 Å². The summed E-state index contributed by atoms with van der Waals surface area (Å²) in [6.45, 7) is 14.1. The third-order valence-corrected chi connectivity index (χ3v) is 25.1. The van der Waals surface area contributed by atoms with Crippen molar-refractivity contribution in [2.45, 2.75) is 81.9 Å². The van der Waals surface area contributed by atoms with Gasteiger partial charge in [0.25, 0.3) is 0 Å². The van der Waals surface area contributed by atoms with Crippen LogP contribution >= 0.6 is 0 Å². The summed E-state index contributed by atoms with van der Waals surface area (Å²) in [7, 11) is 1.41. The van der Waals surface area contributed by atoms with Crippen molar-refractivity contribution >= 4 is 24.3 Å². The van der Waals surface area contributed by atoms with E-state index < -0.39 is 30.7 Å². The second kappa shape index (κ2) is 12.2. The van der Waals surface area contributed by atoms with Crippen LogP contribution in [0.5, 0.6) is 0 Å². The van der Waals surface area contributed by atoms with E-state index in [0.717, 1.165) is 13.3 Å². The van der Waals surface area contributed by atoms with Gasteiger partial charge in [0, 0.05) is 0 Å². The number of methoxy groups -OCH3 is 1. The molecule has 2 nitrogen and oxygen atoms in total. The number of hydrogen-bond donors (Lipinski definition) is 0. The number of esters is 1. The number of benzene rings is 3. The van der Waals surface area contributed by atoms with Crippen LogP contribution in [0.25, 0.3) is 0 Å². The quantitative estimate of drug-likeness (QED) is 0.152. The first-order valence-corrected chi connectivity index (χ1v) is 21.5. The first-order valence-electron chi connectivity index (χ1n) is 14.0. The van der Waals surface area contributed by atoms with Gasteiger partial charge in [-0.1, -0.05) is 0 Å². The van der Waals surface area contributed by atoms with Gasteiger partial charge in [0.1, 0.15) is 0 Å². The summed E-state index contributed by atoms with van der Waals surface area (Å²) in [5.41, 5.74) is 3.80. The topological polar surface area (TPSA) is 26.3 Å². The molecule has 0 radical (unpaired) electrons. The number of rotatable bonds is 12. The van der Waals surface area contributed by atoms with Crippen LogP contribution in [0.2, 0.25) is 17.7 Å². The fourth-order valence-corrected chi connectivity index (χ4v) is 28.4. The molecule has 0 aromatic heterocycles. The first kappa shape index (κ1) is 27.9. The molecule has 0 spiro atoms. The van der Waals surface area contributed by atoms with Crippen LogP contribution in [0.15, 0.2) is 91.0 Å². The summed E-state index contributed by atoms with van der Waals surface area (Å²) in [5.74, 6) is -0.404. The van der Waals surface area contributed by atoms with E-state index in [2.05, 4.69) is 133 Å². The minimum absolute atomic E-state index is 0.0628. The average Bonchev–Trinajstić information content (AvgIpc) is 2.88. The number of carbonyl (C=O) groups is 1. The van der Waals surface area contributed by atoms with Gasteiger partial charge < -0.3 is 0 Å². The normalized spacial score (nSPS) is 14.1. The van der Waals surface area contributed by atoms with E-state index in [-0.39, 0.29) is 16.2 Å². The molecule has 3 aromatic rings. The van der Waals surface area contributed by atoms with Gasteiger partial charge >= 0.3 is 232 Å². The molecule has 3 heteroatoms. The van der Waals surface area contributed by atoms with E-state index in [4.69, 9.17) is 6.11 Å². The van der Waals surface area contributed by atoms with Gasteiger partial charge in [-0.3, -0.25) is 0 Å². The van der Waals surface area contributed by atoms with Crippen LogP contribution < -0.4 is 0 Å². The van der Waals surface area contributed by atoms with Gasteiger partial charge in [-0.2, -0.15) is 0 Å². The maximum atomic E-state index is 12.7. The molecule has 3 rings (SSSR count). The molecule has 0 saturated carbocycles. The molecular formula is C34H46O2Sn. The Kier molecular flexibility index (Phi) is 9.21. The minimum atomic E-state index is -3.44. The van der Waals surface area contributed by atoms with Crippen LogP contribution in [0.3, 0.4) is 0 Å². The van der Waals surface area contributed by atoms with Crippen molar-refractivity contribution in [1.82, 2.24) is 0 Å². The van der Waals surface area contributed by atoms with Gasteiger partial charge in [-0.15, -0.1) is 0 Å². The number of carbonyl (C=O) groups excluding carboxylic acids is 1. The molecule has 0 aliphatic rings. The Hall–Kier alpha value is -2.07. The third-order valence-electron chi connectivity index (χ3n) is 8.02. The Labute approximate surface area is 231 Å². The predicted octanol–water partition coefficient (Wildman–Crippen LogP) is 8.93. The van der Waals surface area contributed by atoms with Crippen molar-refractivity contribution in [3.8, 4) is 0 Å². The van der Waals surface area contributed by atoms with Crippen molar-refractivity contribution < 1.29 is 10.9 Å². The van der Waals surface area contributed by atoms with Crippen molar-refractivity contribution in [3.63, 3.8) is 0 Å². The molecular weight excluding hydrogens is 559 g/mol. The third kappa shape index (κ3) is 7.96. The molecule has 0 heterocycles. The summed E-state index contributed by atoms with van der Waals surface area (Å²) in [5, 5.41) is 0. The van der Waals surface area contributed by atoms with Crippen LogP contribution in [-0.4, -0.2) is 31.5 Å². The standard InChI is InChI=1S/3C10H13.C4H7O2.Sn/c3*1-10(2,3)9-7-5-4-6-8-9;1-3-4(5)6-2;/h3*4-8H,1H2,2-3H3;1,3H2,2H3;/i;;;3D;. The Morgan fingerprint density at radius 2 is 0.946 bits per heavy atom. The van der Waals surface area contributed by atoms with Crippen molar-refractivity contribution in [1.29, 1.82) is 0 Å². The molecule has 3 aromatic carbocycles. The second-order valence-electron chi connectivity index (χ2n) is 12.7. The fraction of sp³-hybridized carbons (Fsp3) is 0.441. The SMILES string of the molecule is [2H]C([CH2][Sn]([CH2]C(C)(C)c1ccccc1)([CH2]C(C)(C)c1ccccc1)[CH2]C(C)(C)c1ccccc1)C(=O)OC. The van der Waals surface area contributed by atoms with E-state index in [1.807, 2.05) is 0 Å². The Balaban J connectivity index is 2.17. The Morgan fingerprint density at radius 1 is 0.649 bits per heavy atom. The Morgan fingerprint density at radius 3 is 1.22 bits per heavy atom. The predicted molar refractivity (Wildman–Crippen MR) is 160 cm³/mol. The van der Waals surface area contributed by atoms with Crippen LogP contribution in [0, 0.1) is 0 Å². The molecule has 0 amide bonds. The molecule has 1 atom stereocenters. The molecule has 1 unspecified atom stereocenters. The van der Waals surface area contributed by atoms with E-state index in [1.165, 1.54) is 23.8 Å². The molecule has 0 saturated heterocycles. The summed E-state index contributed by atoms with van der Waals surface area (Å²) in [6, 6.07) is 32.4. The van der Waals surface area contributed by atoms with E-state index in [0.29, 0.717) is 4.44 Å². The molecule has 198 valence electrons. The van der Waals surface area contributed by atoms with Gasteiger partial charge in [-0.05, 0) is 0 Å². The average molecular weight is 606 g/mol. The molecule has 0 fully saturated rings. The van der Waals surface area contributed by atoms with Crippen molar-refractivity contribution in [2.75, 3.05) is 7.11 Å².